The van der Waals surface area contributed by atoms with Crippen molar-refractivity contribution >= 4 is 0 Å². The molecule has 0 bridgehead atoms. The Balaban J connectivity index is 2.30. The van der Waals surface area contributed by atoms with Gasteiger partial charge in [-0.25, -0.2) is 9.67 Å². The SMILES string of the molecule is CNC(Cc1ncnn1C(C)C)c1ccc(C)cc1OC. The number of nitrogens with one attached hydrogen (secondary N) is 1. The summed E-state index contributed by atoms with van der Waals surface area (Å²) >= 11 is 0. The van der Waals surface area contributed by atoms with Crippen molar-refractivity contribution in [1.82, 2.24) is 20.1 Å². The first-order valence-corrected chi connectivity index (χ1v) is 7.27. The van der Waals surface area contributed by atoms with Gasteiger partial charge in [0.25, 0.3) is 0 Å². The zero-order chi connectivity index (χ0) is 15.4. The number of benzene rings is 1. The number of rotatable bonds is 6. The Morgan fingerprint density at radius 2 is 2.10 bits per heavy atom. The minimum atomic E-state index is 0.141. The summed E-state index contributed by atoms with van der Waals surface area (Å²) in [4.78, 5) is 4.39. The third-order valence-corrected chi connectivity index (χ3v) is 3.64. The predicted octanol–water partition coefficient (Wildman–Crippen LogP) is 2.68. The number of aromatic nitrogens is 3. The molecule has 2 aromatic rings. The van der Waals surface area contributed by atoms with Gasteiger partial charge in [0, 0.05) is 24.1 Å². The number of aryl methyl sites for hydroxylation is 1. The van der Waals surface area contributed by atoms with E-state index in [0.717, 1.165) is 23.6 Å². The zero-order valence-electron chi connectivity index (χ0n) is 13.4. The smallest absolute Gasteiger partial charge is 0.138 e. The van der Waals surface area contributed by atoms with Crippen LogP contribution in [0.1, 0.15) is 42.9 Å². The van der Waals surface area contributed by atoms with Gasteiger partial charge >= 0.3 is 0 Å². The molecule has 21 heavy (non-hydrogen) atoms. The minimum Gasteiger partial charge on any atom is -0.496 e. The summed E-state index contributed by atoms with van der Waals surface area (Å²) in [5, 5.41) is 7.66. The number of hydrogen-bond donors (Lipinski definition) is 1. The lowest BCUT2D eigenvalue weighted by Crippen LogP contribution is -2.22. The molecule has 0 aliphatic rings. The fraction of sp³-hybridized carbons (Fsp3) is 0.500. The predicted molar refractivity (Wildman–Crippen MR) is 83.6 cm³/mol. The number of hydrogen-bond acceptors (Lipinski definition) is 4. The van der Waals surface area contributed by atoms with E-state index in [1.165, 1.54) is 5.56 Å². The first-order valence-electron chi connectivity index (χ1n) is 7.27. The molecule has 1 heterocycles. The molecule has 1 unspecified atom stereocenters. The molecule has 0 spiro atoms. The van der Waals surface area contributed by atoms with Crippen LogP contribution in [0.25, 0.3) is 0 Å². The summed E-state index contributed by atoms with van der Waals surface area (Å²) in [5.74, 6) is 1.89. The van der Waals surface area contributed by atoms with E-state index in [2.05, 4.69) is 54.4 Å². The van der Waals surface area contributed by atoms with E-state index in [0.29, 0.717) is 6.04 Å². The second-order valence-electron chi connectivity index (χ2n) is 5.51. The molecule has 5 heteroatoms. The number of methoxy groups -OCH3 is 1. The van der Waals surface area contributed by atoms with Gasteiger partial charge in [0.15, 0.2) is 0 Å². The highest BCUT2D eigenvalue weighted by Gasteiger charge is 2.18. The van der Waals surface area contributed by atoms with Crippen molar-refractivity contribution < 1.29 is 4.74 Å². The molecule has 0 aliphatic carbocycles. The van der Waals surface area contributed by atoms with Gasteiger partial charge in [-0.15, -0.1) is 0 Å². The number of nitrogens with zero attached hydrogens (tertiary/aromatic N) is 3. The van der Waals surface area contributed by atoms with Crippen molar-refractivity contribution in [2.75, 3.05) is 14.2 Å². The van der Waals surface area contributed by atoms with E-state index in [1.54, 1.807) is 13.4 Å². The van der Waals surface area contributed by atoms with Crippen molar-refractivity contribution in [3.63, 3.8) is 0 Å². The van der Waals surface area contributed by atoms with E-state index >= 15 is 0 Å². The summed E-state index contributed by atoms with van der Waals surface area (Å²) in [5.41, 5.74) is 2.33. The summed E-state index contributed by atoms with van der Waals surface area (Å²) < 4.78 is 7.49. The molecule has 0 amide bonds. The highest BCUT2D eigenvalue weighted by molar-refractivity contribution is 5.39. The number of likely N-dealkylation sites (N-methyl/N-ethyl adjacent to an activating group) is 1. The Kier molecular flexibility index (Phi) is 4.96. The molecule has 114 valence electrons. The van der Waals surface area contributed by atoms with E-state index in [9.17, 15) is 0 Å². The van der Waals surface area contributed by atoms with E-state index in [-0.39, 0.29) is 6.04 Å². The van der Waals surface area contributed by atoms with Gasteiger partial charge in [-0.2, -0.15) is 5.10 Å². The highest BCUT2D eigenvalue weighted by atomic mass is 16.5. The molecule has 1 aromatic heterocycles. The Morgan fingerprint density at radius 3 is 2.71 bits per heavy atom. The van der Waals surface area contributed by atoms with Gasteiger partial charge in [0.2, 0.25) is 0 Å². The minimum absolute atomic E-state index is 0.141. The van der Waals surface area contributed by atoms with Gasteiger partial charge in [-0.3, -0.25) is 0 Å². The first kappa shape index (κ1) is 15.5. The standard InChI is InChI=1S/C16H24N4O/c1-11(2)20-16(18-10-19-20)9-14(17-4)13-7-6-12(3)8-15(13)21-5/h6-8,10-11,14,17H,9H2,1-5H3. The maximum atomic E-state index is 5.52. The average molecular weight is 288 g/mol. The summed E-state index contributed by atoms with van der Waals surface area (Å²) in [6, 6.07) is 6.73. The Morgan fingerprint density at radius 1 is 1.33 bits per heavy atom. The van der Waals surface area contributed by atoms with Crippen molar-refractivity contribution in [2.24, 2.45) is 0 Å². The van der Waals surface area contributed by atoms with Crippen molar-refractivity contribution in [3.8, 4) is 5.75 Å². The Hall–Kier alpha value is -1.88. The molecule has 1 aromatic carbocycles. The second-order valence-corrected chi connectivity index (χ2v) is 5.51. The molecule has 1 N–H and O–H groups in total. The lowest BCUT2D eigenvalue weighted by atomic mass is 10.0. The maximum absolute atomic E-state index is 5.52. The van der Waals surface area contributed by atoms with E-state index in [1.807, 2.05) is 11.7 Å². The van der Waals surface area contributed by atoms with Gasteiger partial charge < -0.3 is 10.1 Å². The third-order valence-electron chi connectivity index (χ3n) is 3.64. The van der Waals surface area contributed by atoms with Crippen molar-refractivity contribution in [3.05, 3.63) is 41.5 Å². The van der Waals surface area contributed by atoms with Crippen molar-refractivity contribution in [2.45, 2.75) is 39.3 Å². The lowest BCUT2D eigenvalue weighted by Gasteiger charge is -2.20. The quantitative estimate of drug-likeness (QED) is 0.888. The van der Waals surface area contributed by atoms with Crippen LogP contribution in [0.3, 0.4) is 0 Å². The fourth-order valence-electron chi connectivity index (χ4n) is 2.51. The Bertz CT molecular complexity index is 592. The molecule has 0 aliphatic heterocycles. The van der Waals surface area contributed by atoms with Crippen LogP contribution in [0, 0.1) is 6.92 Å². The Labute approximate surface area is 126 Å². The topological polar surface area (TPSA) is 52.0 Å². The van der Waals surface area contributed by atoms with Crippen LogP contribution < -0.4 is 10.1 Å². The highest BCUT2D eigenvalue weighted by Crippen LogP contribution is 2.28. The monoisotopic (exact) mass is 288 g/mol. The van der Waals surface area contributed by atoms with Crippen LogP contribution in [0.4, 0.5) is 0 Å². The van der Waals surface area contributed by atoms with Crippen LogP contribution in [0.2, 0.25) is 0 Å². The second kappa shape index (κ2) is 6.72. The molecule has 1 atom stereocenters. The molecular formula is C16H24N4O. The lowest BCUT2D eigenvalue weighted by molar-refractivity contribution is 0.398. The van der Waals surface area contributed by atoms with Crippen LogP contribution in [0.15, 0.2) is 24.5 Å². The van der Waals surface area contributed by atoms with Crippen LogP contribution in [-0.4, -0.2) is 28.9 Å². The van der Waals surface area contributed by atoms with Gasteiger partial charge in [0.05, 0.1) is 7.11 Å². The summed E-state index contributed by atoms with van der Waals surface area (Å²) in [7, 11) is 3.67. The molecular weight excluding hydrogens is 264 g/mol. The molecule has 0 radical (unpaired) electrons. The first-order chi connectivity index (χ1) is 10.1. The van der Waals surface area contributed by atoms with Gasteiger partial charge in [-0.1, -0.05) is 12.1 Å². The normalized spacial score (nSPS) is 12.7. The maximum Gasteiger partial charge on any atom is 0.138 e. The average Bonchev–Trinajstić information content (AvgIpc) is 2.93. The summed E-state index contributed by atoms with van der Waals surface area (Å²) in [6.07, 6.45) is 2.39. The molecule has 0 saturated heterocycles. The largest absolute Gasteiger partial charge is 0.496 e. The third kappa shape index (κ3) is 3.42. The van der Waals surface area contributed by atoms with Crippen LogP contribution in [-0.2, 0) is 6.42 Å². The van der Waals surface area contributed by atoms with Gasteiger partial charge in [-0.05, 0) is 39.4 Å². The number of ether oxygens (including phenoxy) is 1. The van der Waals surface area contributed by atoms with E-state index in [4.69, 9.17) is 4.74 Å². The molecule has 2 rings (SSSR count). The molecule has 0 saturated carbocycles. The van der Waals surface area contributed by atoms with Crippen LogP contribution in [0.5, 0.6) is 5.75 Å². The van der Waals surface area contributed by atoms with Crippen LogP contribution >= 0.6 is 0 Å². The van der Waals surface area contributed by atoms with Gasteiger partial charge in [0.1, 0.15) is 17.9 Å². The van der Waals surface area contributed by atoms with Crippen molar-refractivity contribution in [1.29, 1.82) is 0 Å². The fourth-order valence-corrected chi connectivity index (χ4v) is 2.51. The molecule has 5 nitrogen and oxygen atoms in total. The summed E-state index contributed by atoms with van der Waals surface area (Å²) in [6.45, 7) is 6.29. The zero-order valence-corrected chi connectivity index (χ0v) is 13.4. The van der Waals surface area contributed by atoms with E-state index < -0.39 is 0 Å². The molecule has 0 fully saturated rings.